The van der Waals surface area contributed by atoms with Crippen LogP contribution in [0.2, 0.25) is 0 Å². The van der Waals surface area contributed by atoms with Crippen LogP contribution in [0.15, 0.2) is 74.1 Å². The zero-order valence-electron chi connectivity index (χ0n) is 21.5. The number of nitrogens with zero attached hydrogens (tertiary/aromatic N) is 5. The van der Waals surface area contributed by atoms with Gasteiger partial charge in [0.25, 0.3) is 0 Å². The van der Waals surface area contributed by atoms with Gasteiger partial charge >= 0.3 is 0 Å². The lowest BCUT2D eigenvalue weighted by atomic mass is 10.1. The zero-order chi connectivity index (χ0) is 25.8. The topological polar surface area (TPSA) is 75.6 Å². The molecule has 1 aromatic carbocycles. The third-order valence-corrected chi connectivity index (χ3v) is 5.38. The number of hydrogen-bond acceptors (Lipinski definition) is 8. The Balaban J connectivity index is 1.79. The summed E-state index contributed by atoms with van der Waals surface area (Å²) >= 11 is 0. The molecule has 0 fully saturated rings. The molecule has 0 aliphatic carbocycles. The SMILES string of the molecule is C=CCCOc1cc(-c2ccnc(Nc3ccc(N(C)CCN(C)C)c(COCC=C)c3)n2)ccn1. The third kappa shape index (κ3) is 8.18. The predicted molar refractivity (Wildman–Crippen MR) is 147 cm³/mol. The first-order valence-corrected chi connectivity index (χ1v) is 12.0. The Morgan fingerprint density at radius 2 is 1.81 bits per heavy atom. The van der Waals surface area contributed by atoms with E-state index in [4.69, 9.17) is 14.5 Å². The van der Waals surface area contributed by atoms with Crippen LogP contribution >= 0.6 is 0 Å². The Labute approximate surface area is 214 Å². The van der Waals surface area contributed by atoms with Crippen molar-refractivity contribution < 1.29 is 9.47 Å². The summed E-state index contributed by atoms with van der Waals surface area (Å²) in [5.74, 6) is 1.06. The highest BCUT2D eigenvalue weighted by Gasteiger charge is 2.11. The van der Waals surface area contributed by atoms with Gasteiger partial charge < -0.3 is 24.6 Å². The van der Waals surface area contributed by atoms with Crippen molar-refractivity contribution in [2.75, 3.05) is 57.7 Å². The van der Waals surface area contributed by atoms with E-state index in [0.717, 1.165) is 47.7 Å². The second kappa shape index (κ2) is 14.0. The molecule has 0 amide bonds. The van der Waals surface area contributed by atoms with E-state index >= 15 is 0 Å². The van der Waals surface area contributed by atoms with Crippen LogP contribution < -0.4 is 15.0 Å². The van der Waals surface area contributed by atoms with E-state index in [1.165, 1.54) is 0 Å². The fraction of sp³-hybridized carbons (Fsp3) is 0.321. The van der Waals surface area contributed by atoms with Crippen molar-refractivity contribution in [3.05, 3.63) is 79.7 Å². The van der Waals surface area contributed by atoms with E-state index in [-0.39, 0.29) is 0 Å². The zero-order valence-corrected chi connectivity index (χ0v) is 21.5. The van der Waals surface area contributed by atoms with Crippen LogP contribution in [-0.4, -0.2) is 67.3 Å². The second-order valence-electron chi connectivity index (χ2n) is 8.57. The maximum Gasteiger partial charge on any atom is 0.227 e. The number of rotatable bonds is 15. The summed E-state index contributed by atoms with van der Waals surface area (Å²) in [5, 5.41) is 3.34. The molecule has 0 spiro atoms. The molecule has 2 heterocycles. The summed E-state index contributed by atoms with van der Waals surface area (Å²) in [5.41, 5.74) is 4.77. The smallest absolute Gasteiger partial charge is 0.227 e. The number of likely N-dealkylation sites (N-methyl/N-ethyl adjacent to an activating group) is 2. The van der Waals surface area contributed by atoms with Gasteiger partial charge in [0.15, 0.2) is 0 Å². The second-order valence-corrected chi connectivity index (χ2v) is 8.57. The van der Waals surface area contributed by atoms with Crippen LogP contribution in [0.5, 0.6) is 5.88 Å². The first-order chi connectivity index (χ1) is 17.5. The van der Waals surface area contributed by atoms with Crippen molar-refractivity contribution in [1.82, 2.24) is 19.9 Å². The van der Waals surface area contributed by atoms with Gasteiger partial charge in [-0.1, -0.05) is 12.2 Å². The molecule has 36 heavy (non-hydrogen) atoms. The molecular weight excluding hydrogens is 452 g/mol. The number of anilines is 3. The Hall–Kier alpha value is -3.75. The summed E-state index contributed by atoms with van der Waals surface area (Å²) in [6.07, 6.45) is 7.79. The average Bonchev–Trinajstić information content (AvgIpc) is 2.88. The number of hydrogen-bond donors (Lipinski definition) is 1. The van der Waals surface area contributed by atoms with Crippen LogP contribution in [0.25, 0.3) is 11.3 Å². The minimum atomic E-state index is 0.482. The van der Waals surface area contributed by atoms with Crippen LogP contribution in [0.4, 0.5) is 17.3 Å². The van der Waals surface area contributed by atoms with Crippen LogP contribution in [0.1, 0.15) is 12.0 Å². The largest absolute Gasteiger partial charge is 0.477 e. The molecule has 0 atom stereocenters. The molecule has 3 rings (SSSR count). The van der Waals surface area contributed by atoms with E-state index < -0.39 is 0 Å². The van der Waals surface area contributed by atoms with E-state index in [9.17, 15) is 0 Å². The maximum atomic E-state index is 5.78. The molecule has 0 saturated heterocycles. The van der Waals surface area contributed by atoms with Crippen molar-refractivity contribution in [2.45, 2.75) is 13.0 Å². The highest BCUT2D eigenvalue weighted by Crippen LogP contribution is 2.27. The van der Waals surface area contributed by atoms with E-state index in [1.54, 1.807) is 18.5 Å². The molecular formula is C28H36N6O2. The van der Waals surface area contributed by atoms with Gasteiger partial charge in [-0.2, -0.15) is 0 Å². The first-order valence-electron chi connectivity index (χ1n) is 12.0. The fourth-order valence-corrected chi connectivity index (χ4v) is 3.48. The monoisotopic (exact) mass is 488 g/mol. The number of benzene rings is 1. The van der Waals surface area contributed by atoms with Gasteiger partial charge in [-0.25, -0.2) is 15.0 Å². The van der Waals surface area contributed by atoms with Gasteiger partial charge in [-0.15, -0.1) is 13.2 Å². The number of nitrogens with one attached hydrogen (secondary N) is 1. The van der Waals surface area contributed by atoms with Gasteiger partial charge in [-0.05, 0) is 50.8 Å². The molecule has 1 N–H and O–H groups in total. The Kier molecular flexibility index (Phi) is 10.4. The standard InChI is InChI=1S/C28H36N6O2/c1-6-8-18-36-27-20-22(11-13-29-27)25-12-14-30-28(32-25)31-24-9-10-26(34(5)16-15-33(3)4)23(19-24)21-35-17-7-2/h6-7,9-14,19-20H,1-2,8,15-18,21H2,3-5H3,(H,30,31,32). The Morgan fingerprint density at radius 3 is 2.58 bits per heavy atom. The lowest BCUT2D eigenvalue weighted by Crippen LogP contribution is -2.29. The van der Waals surface area contributed by atoms with Gasteiger partial charge in [-0.3, -0.25) is 0 Å². The molecule has 0 saturated carbocycles. The molecule has 0 unspecified atom stereocenters. The van der Waals surface area contributed by atoms with Crippen molar-refractivity contribution >= 4 is 17.3 Å². The Morgan fingerprint density at radius 1 is 0.972 bits per heavy atom. The lowest BCUT2D eigenvalue weighted by Gasteiger charge is -2.25. The summed E-state index contributed by atoms with van der Waals surface area (Å²) in [6.45, 7) is 10.8. The van der Waals surface area contributed by atoms with Gasteiger partial charge in [0.2, 0.25) is 11.8 Å². The minimum Gasteiger partial charge on any atom is -0.477 e. The first kappa shape index (κ1) is 26.8. The number of pyridine rings is 1. The summed E-state index contributed by atoms with van der Waals surface area (Å²) in [6, 6.07) is 11.9. The lowest BCUT2D eigenvalue weighted by molar-refractivity contribution is 0.149. The van der Waals surface area contributed by atoms with Crippen molar-refractivity contribution in [2.24, 2.45) is 0 Å². The molecule has 0 radical (unpaired) electrons. The molecule has 8 nitrogen and oxygen atoms in total. The number of aromatic nitrogens is 3. The summed E-state index contributed by atoms with van der Waals surface area (Å²) in [4.78, 5) is 17.8. The summed E-state index contributed by atoms with van der Waals surface area (Å²) in [7, 11) is 6.25. The normalized spacial score (nSPS) is 10.8. The van der Waals surface area contributed by atoms with Crippen molar-refractivity contribution in [1.29, 1.82) is 0 Å². The van der Waals surface area contributed by atoms with Crippen LogP contribution in [0, 0.1) is 0 Å². The molecule has 0 aliphatic rings. The van der Waals surface area contributed by atoms with Crippen LogP contribution in [-0.2, 0) is 11.3 Å². The highest BCUT2D eigenvalue weighted by molar-refractivity contribution is 5.66. The van der Waals surface area contributed by atoms with Crippen molar-refractivity contribution in [3.8, 4) is 17.1 Å². The molecule has 0 aliphatic heterocycles. The van der Waals surface area contributed by atoms with Gasteiger partial charge in [0.1, 0.15) is 0 Å². The fourth-order valence-electron chi connectivity index (χ4n) is 3.48. The average molecular weight is 489 g/mol. The maximum absolute atomic E-state index is 5.78. The highest BCUT2D eigenvalue weighted by atomic mass is 16.5. The predicted octanol–water partition coefficient (Wildman–Crippen LogP) is 4.94. The third-order valence-electron chi connectivity index (χ3n) is 5.38. The van der Waals surface area contributed by atoms with Gasteiger partial charge in [0, 0.05) is 61.1 Å². The molecule has 8 heteroatoms. The Bertz CT molecular complexity index is 1130. The molecule has 190 valence electrons. The minimum absolute atomic E-state index is 0.482. The quantitative estimate of drug-likeness (QED) is 0.238. The van der Waals surface area contributed by atoms with E-state index in [0.29, 0.717) is 31.6 Å². The molecule has 3 aromatic rings. The molecule has 2 aromatic heterocycles. The number of ether oxygens (including phenoxy) is 2. The van der Waals surface area contributed by atoms with Crippen molar-refractivity contribution in [3.63, 3.8) is 0 Å². The molecule has 0 bridgehead atoms. The van der Waals surface area contributed by atoms with Crippen LogP contribution in [0.3, 0.4) is 0 Å². The van der Waals surface area contributed by atoms with Gasteiger partial charge in [0.05, 0.1) is 25.5 Å². The van der Waals surface area contributed by atoms with E-state index in [1.807, 2.05) is 30.3 Å². The summed E-state index contributed by atoms with van der Waals surface area (Å²) < 4.78 is 11.5. The van der Waals surface area contributed by atoms with E-state index in [2.05, 4.69) is 71.5 Å².